The molecule has 0 aliphatic carbocycles. The minimum atomic E-state index is -0.218. The van der Waals surface area contributed by atoms with Gasteiger partial charge in [0.15, 0.2) is 0 Å². The van der Waals surface area contributed by atoms with E-state index in [0.717, 1.165) is 16.7 Å². The topological polar surface area (TPSA) is 0 Å². The lowest BCUT2D eigenvalue weighted by molar-refractivity contribution is 0.628. The van der Waals surface area contributed by atoms with E-state index in [-0.39, 0.29) is 5.82 Å². The minimum Gasteiger partial charge on any atom is -0.207 e. The van der Waals surface area contributed by atoms with Crippen molar-refractivity contribution in [2.24, 2.45) is 0 Å². The zero-order valence-corrected chi connectivity index (χ0v) is 7.84. The van der Waals surface area contributed by atoms with Gasteiger partial charge in [0.2, 0.25) is 0 Å². The highest BCUT2D eigenvalue weighted by molar-refractivity contribution is 5.61. The maximum absolute atomic E-state index is 12.6. The summed E-state index contributed by atoms with van der Waals surface area (Å²) in [4.78, 5) is 0. The molecular weight excluding hydrogens is 175 g/mol. The molecule has 0 N–H and O–H groups in total. The van der Waals surface area contributed by atoms with Crippen LogP contribution in [0.15, 0.2) is 36.4 Å². The predicted molar refractivity (Wildman–Crippen MR) is 54.2 cm³/mol. The van der Waals surface area contributed by atoms with Crippen molar-refractivity contribution in [3.8, 4) is 11.1 Å². The highest BCUT2D eigenvalue weighted by Crippen LogP contribution is 2.17. The Hall–Kier alpha value is -1.81. The smallest absolute Gasteiger partial charge is 0.123 e. The lowest BCUT2D eigenvalue weighted by atomic mass is 10.1. The van der Waals surface area contributed by atoms with Gasteiger partial charge in [-0.15, -0.1) is 0 Å². The fraction of sp³-hybridized carbons (Fsp3) is 0.0769. The molecule has 1 heteroatoms. The second-order valence-corrected chi connectivity index (χ2v) is 3.19. The van der Waals surface area contributed by atoms with Crippen molar-refractivity contribution in [3.63, 3.8) is 0 Å². The SMILES string of the molecule is Cc1c#cc(-c2ccc(F)cc2)cc1. The van der Waals surface area contributed by atoms with E-state index in [1.54, 1.807) is 12.1 Å². The lowest BCUT2D eigenvalue weighted by Crippen LogP contribution is -1.77. The molecule has 0 spiro atoms. The highest BCUT2D eigenvalue weighted by atomic mass is 19.1. The van der Waals surface area contributed by atoms with Crippen LogP contribution in [0.2, 0.25) is 0 Å². The summed E-state index contributed by atoms with van der Waals surface area (Å²) < 4.78 is 12.6. The van der Waals surface area contributed by atoms with Crippen molar-refractivity contribution in [2.45, 2.75) is 6.92 Å². The predicted octanol–water partition coefficient (Wildman–Crippen LogP) is 3.40. The summed E-state index contributed by atoms with van der Waals surface area (Å²) in [5, 5.41) is 0. The van der Waals surface area contributed by atoms with Gasteiger partial charge in [-0.3, -0.25) is 0 Å². The van der Waals surface area contributed by atoms with E-state index in [4.69, 9.17) is 0 Å². The largest absolute Gasteiger partial charge is 0.207 e. The van der Waals surface area contributed by atoms with Crippen LogP contribution in [0.1, 0.15) is 5.56 Å². The van der Waals surface area contributed by atoms with Gasteiger partial charge in [0.05, 0.1) is 0 Å². The first-order valence-electron chi connectivity index (χ1n) is 4.42. The average Bonchev–Trinajstić information content (AvgIpc) is 2.21. The highest BCUT2D eigenvalue weighted by Gasteiger charge is 1.96. The van der Waals surface area contributed by atoms with Crippen LogP contribution >= 0.6 is 0 Å². The van der Waals surface area contributed by atoms with Gasteiger partial charge < -0.3 is 0 Å². The summed E-state index contributed by atoms with van der Waals surface area (Å²) in [5.74, 6) is -0.218. The summed E-state index contributed by atoms with van der Waals surface area (Å²) in [7, 11) is 0. The van der Waals surface area contributed by atoms with Gasteiger partial charge in [-0.2, -0.15) is 0 Å². The van der Waals surface area contributed by atoms with Crippen LogP contribution in [0.3, 0.4) is 0 Å². The van der Waals surface area contributed by atoms with Gasteiger partial charge in [-0.1, -0.05) is 24.3 Å². The molecule has 0 saturated heterocycles. The van der Waals surface area contributed by atoms with E-state index in [1.807, 2.05) is 19.1 Å². The van der Waals surface area contributed by atoms with Crippen LogP contribution in [-0.2, 0) is 0 Å². The Morgan fingerprint density at radius 2 is 1.64 bits per heavy atom. The molecule has 14 heavy (non-hydrogen) atoms. The monoisotopic (exact) mass is 184 g/mol. The van der Waals surface area contributed by atoms with Gasteiger partial charge in [0, 0.05) is 5.56 Å². The molecular formula is C13H9F. The third-order valence-electron chi connectivity index (χ3n) is 2.05. The van der Waals surface area contributed by atoms with Crippen LogP contribution < -0.4 is 0 Å². The summed E-state index contributed by atoms with van der Waals surface area (Å²) in [6.07, 6.45) is 0. The van der Waals surface area contributed by atoms with E-state index in [1.165, 1.54) is 12.1 Å². The number of halogens is 1. The number of rotatable bonds is 1. The zero-order valence-electron chi connectivity index (χ0n) is 7.84. The summed E-state index contributed by atoms with van der Waals surface area (Å²) in [6, 6.07) is 16.3. The van der Waals surface area contributed by atoms with Crippen molar-refractivity contribution < 1.29 is 4.39 Å². The van der Waals surface area contributed by atoms with Crippen LogP contribution in [-0.4, -0.2) is 0 Å². The van der Waals surface area contributed by atoms with Gasteiger partial charge in [-0.05, 0) is 42.3 Å². The zero-order chi connectivity index (χ0) is 9.97. The van der Waals surface area contributed by atoms with Crippen molar-refractivity contribution in [1.82, 2.24) is 0 Å². The molecule has 2 rings (SSSR count). The van der Waals surface area contributed by atoms with Crippen molar-refractivity contribution in [3.05, 3.63) is 59.9 Å². The lowest BCUT2D eigenvalue weighted by Gasteiger charge is -1.97. The molecule has 2 aromatic rings. The molecule has 0 nitrogen and oxygen atoms in total. The quantitative estimate of drug-likeness (QED) is 0.637. The molecule has 68 valence electrons. The number of aryl methyl sites for hydroxylation is 1. The fourth-order valence-corrected chi connectivity index (χ4v) is 1.26. The molecule has 0 bridgehead atoms. The van der Waals surface area contributed by atoms with Gasteiger partial charge in [0.25, 0.3) is 0 Å². The molecule has 0 aliphatic rings. The third kappa shape index (κ3) is 1.75. The molecule has 0 atom stereocenters. The Bertz CT molecular complexity index is 368. The standard InChI is InChI=1S/C13H9F/c1-10-2-4-11(5-3-10)12-6-8-13(14)9-7-12/h2,4,6-9H,1H3. The first-order chi connectivity index (χ1) is 6.75. The van der Waals surface area contributed by atoms with E-state index in [0.29, 0.717) is 0 Å². The van der Waals surface area contributed by atoms with Crippen molar-refractivity contribution >= 4 is 0 Å². The minimum absolute atomic E-state index is 0.218. The number of hydrogen-bond donors (Lipinski definition) is 0. The number of hydrogen-bond acceptors (Lipinski definition) is 0. The molecule has 0 fully saturated rings. The van der Waals surface area contributed by atoms with E-state index < -0.39 is 0 Å². The third-order valence-corrected chi connectivity index (χ3v) is 2.05. The molecule has 0 saturated carbocycles. The molecule has 0 heterocycles. The summed E-state index contributed by atoms with van der Waals surface area (Å²) in [6.45, 7) is 1.96. The van der Waals surface area contributed by atoms with E-state index >= 15 is 0 Å². The normalized spacial score (nSPS) is 9.57. The Morgan fingerprint density at radius 1 is 0.929 bits per heavy atom. The molecule has 2 aromatic carbocycles. The van der Waals surface area contributed by atoms with Crippen LogP contribution in [0, 0.1) is 24.9 Å². The first kappa shape index (κ1) is 8.77. The Morgan fingerprint density at radius 3 is 2.21 bits per heavy atom. The summed E-state index contributed by atoms with van der Waals surface area (Å²) in [5.41, 5.74) is 2.95. The number of benzene rings is 1. The average molecular weight is 184 g/mol. The summed E-state index contributed by atoms with van der Waals surface area (Å²) >= 11 is 0. The van der Waals surface area contributed by atoms with Crippen molar-refractivity contribution in [1.29, 1.82) is 0 Å². The van der Waals surface area contributed by atoms with Gasteiger partial charge in [-0.25, -0.2) is 4.39 Å². The van der Waals surface area contributed by atoms with Gasteiger partial charge in [0.1, 0.15) is 5.82 Å². The Labute approximate surface area is 83.0 Å². The molecule has 0 aromatic heterocycles. The van der Waals surface area contributed by atoms with Crippen LogP contribution in [0.25, 0.3) is 11.1 Å². The van der Waals surface area contributed by atoms with Gasteiger partial charge >= 0.3 is 0 Å². The molecule has 0 aliphatic heterocycles. The molecule has 0 unspecified atom stereocenters. The maximum Gasteiger partial charge on any atom is 0.123 e. The second-order valence-electron chi connectivity index (χ2n) is 3.19. The Kier molecular flexibility index (Phi) is 2.20. The van der Waals surface area contributed by atoms with E-state index in [2.05, 4.69) is 12.1 Å². The Balaban J connectivity index is 2.40. The van der Waals surface area contributed by atoms with Crippen LogP contribution in [0.4, 0.5) is 4.39 Å². The second kappa shape index (κ2) is 3.51. The first-order valence-corrected chi connectivity index (χ1v) is 4.42. The fourth-order valence-electron chi connectivity index (χ4n) is 1.26. The van der Waals surface area contributed by atoms with E-state index in [9.17, 15) is 4.39 Å². The molecule has 0 amide bonds. The van der Waals surface area contributed by atoms with Crippen LogP contribution in [0.5, 0.6) is 0 Å². The van der Waals surface area contributed by atoms with Crippen molar-refractivity contribution in [2.75, 3.05) is 0 Å². The molecule has 0 radical (unpaired) electrons. The maximum atomic E-state index is 12.6.